The Kier molecular flexibility index (Phi) is 4.46. The molecule has 108 valence electrons. The van der Waals surface area contributed by atoms with Crippen LogP contribution in [0.5, 0.6) is 5.75 Å². The number of hydrogen-bond donors (Lipinski definition) is 0. The Balaban J connectivity index is 3.12. The van der Waals surface area contributed by atoms with Gasteiger partial charge in [0.25, 0.3) is 6.17 Å². The van der Waals surface area contributed by atoms with Gasteiger partial charge in [-0.05, 0) is 12.1 Å². The average Bonchev–Trinajstić information content (AvgIpc) is 2.27. The van der Waals surface area contributed by atoms with E-state index in [-0.39, 0.29) is 0 Å². The zero-order valence-electron chi connectivity index (χ0n) is 8.54. The number of rotatable bonds is 3. The van der Waals surface area contributed by atoms with E-state index in [1.54, 1.807) is 0 Å². The number of halogens is 9. The van der Waals surface area contributed by atoms with Crippen LogP contribution in [0.25, 0.3) is 0 Å². The normalized spacial score (nSPS) is 14.4. The molecule has 1 aromatic rings. The lowest BCUT2D eigenvalue weighted by molar-refractivity contribution is -0.304. The molecule has 1 atom stereocenters. The second kappa shape index (κ2) is 5.24. The van der Waals surface area contributed by atoms with Gasteiger partial charge in [-0.15, -0.1) is 0 Å². The van der Waals surface area contributed by atoms with Crippen LogP contribution in [0.4, 0.5) is 30.7 Å². The van der Waals surface area contributed by atoms with E-state index in [0.29, 0.717) is 6.07 Å². The second-order valence-corrected chi connectivity index (χ2v) is 4.03. The molecule has 0 saturated heterocycles. The lowest BCUT2D eigenvalue weighted by Crippen LogP contribution is -2.45. The van der Waals surface area contributed by atoms with Gasteiger partial charge in [0.15, 0.2) is 5.75 Å². The van der Waals surface area contributed by atoms with Gasteiger partial charge in [-0.25, -0.2) is 8.78 Å². The van der Waals surface area contributed by atoms with E-state index in [4.69, 9.17) is 23.2 Å². The average molecular weight is 331 g/mol. The highest BCUT2D eigenvalue weighted by molar-refractivity contribution is 6.37. The molecule has 1 rings (SSSR count). The van der Waals surface area contributed by atoms with Crippen molar-refractivity contribution in [3.63, 3.8) is 0 Å². The van der Waals surface area contributed by atoms with Crippen LogP contribution >= 0.6 is 23.2 Å². The Labute approximate surface area is 111 Å². The standard InChI is InChI=1S/C9H3Cl2F7O/c10-3-1-2-4(12)5(11)6(3)19-9(17,18)7(13)8(14,15)16/h1-2,7H. The van der Waals surface area contributed by atoms with Crippen LogP contribution < -0.4 is 4.74 Å². The van der Waals surface area contributed by atoms with Crippen molar-refractivity contribution in [2.24, 2.45) is 0 Å². The Hall–Kier alpha value is -0.890. The fourth-order valence-electron chi connectivity index (χ4n) is 0.980. The number of benzene rings is 1. The maximum Gasteiger partial charge on any atom is 0.439 e. The van der Waals surface area contributed by atoms with Crippen molar-refractivity contribution < 1.29 is 35.5 Å². The van der Waals surface area contributed by atoms with Gasteiger partial charge < -0.3 is 4.74 Å². The van der Waals surface area contributed by atoms with Gasteiger partial charge in [-0.1, -0.05) is 23.2 Å². The molecule has 1 aromatic carbocycles. The van der Waals surface area contributed by atoms with Crippen molar-refractivity contribution >= 4 is 23.2 Å². The highest BCUT2D eigenvalue weighted by Crippen LogP contribution is 2.42. The lowest BCUT2D eigenvalue weighted by Gasteiger charge is -2.24. The largest absolute Gasteiger partial charge is 0.439 e. The van der Waals surface area contributed by atoms with Gasteiger partial charge in [-0.3, -0.25) is 0 Å². The molecule has 19 heavy (non-hydrogen) atoms. The summed E-state index contributed by atoms with van der Waals surface area (Å²) in [6.45, 7) is 0. The molecule has 10 heteroatoms. The van der Waals surface area contributed by atoms with Gasteiger partial charge in [0.2, 0.25) is 0 Å². The summed E-state index contributed by atoms with van der Waals surface area (Å²) in [5.74, 6) is -2.54. The smallest absolute Gasteiger partial charge is 0.427 e. The maximum atomic E-state index is 12.9. The summed E-state index contributed by atoms with van der Waals surface area (Å²) in [5, 5.41) is -1.78. The Morgan fingerprint density at radius 3 is 2.05 bits per heavy atom. The fraction of sp³-hybridized carbons (Fsp3) is 0.333. The highest BCUT2D eigenvalue weighted by atomic mass is 35.5. The summed E-state index contributed by atoms with van der Waals surface area (Å²) in [6.07, 6.45) is -15.8. The quantitative estimate of drug-likeness (QED) is 0.559. The first-order valence-corrected chi connectivity index (χ1v) is 5.13. The lowest BCUT2D eigenvalue weighted by atomic mass is 10.3. The molecular formula is C9H3Cl2F7O. The van der Waals surface area contributed by atoms with Crippen molar-refractivity contribution in [3.8, 4) is 5.75 Å². The number of ether oxygens (including phenoxy) is 1. The minimum atomic E-state index is -5.87. The minimum Gasteiger partial charge on any atom is -0.427 e. The van der Waals surface area contributed by atoms with E-state index in [0.717, 1.165) is 6.07 Å². The van der Waals surface area contributed by atoms with Crippen LogP contribution in [0.1, 0.15) is 0 Å². The summed E-state index contributed by atoms with van der Waals surface area (Å²) >= 11 is 10.5. The Bertz CT molecular complexity index is 474. The van der Waals surface area contributed by atoms with E-state index < -0.39 is 40.1 Å². The van der Waals surface area contributed by atoms with Gasteiger partial charge >= 0.3 is 12.3 Å². The molecule has 0 radical (unpaired) electrons. The van der Waals surface area contributed by atoms with Crippen LogP contribution in [0, 0.1) is 5.82 Å². The van der Waals surface area contributed by atoms with Crippen molar-refractivity contribution in [3.05, 3.63) is 28.0 Å². The van der Waals surface area contributed by atoms with E-state index in [2.05, 4.69) is 4.74 Å². The Morgan fingerprint density at radius 1 is 1.05 bits per heavy atom. The summed E-state index contributed by atoms with van der Waals surface area (Å²) in [5.41, 5.74) is 0. The third-order valence-electron chi connectivity index (χ3n) is 1.82. The maximum absolute atomic E-state index is 12.9. The van der Waals surface area contributed by atoms with Gasteiger partial charge in [0.05, 0.1) is 5.02 Å². The van der Waals surface area contributed by atoms with Crippen LogP contribution in [-0.4, -0.2) is 18.5 Å². The van der Waals surface area contributed by atoms with Crippen molar-refractivity contribution in [2.45, 2.75) is 18.5 Å². The molecule has 0 saturated carbocycles. The summed E-state index contributed by atoms with van der Waals surface area (Å²) < 4.78 is 90.4. The van der Waals surface area contributed by atoms with E-state index in [1.807, 2.05) is 0 Å². The number of alkyl halides is 6. The van der Waals surface area contributed by atoms with Crippen LogP contribution in [0.2, 0.25) is 10.0 Å². The van der Waals surface area contributed by atoms with E-state index in [9.17, 15) is 30.7 Å². The Morgan fingerprint density at radius 2 is 1.58 bits per heavy atom. The highest BCUT2D eigenvalue weighted by Gasteiger charge is 2.59. The third-order valence-corrected chi connectivity index (χ3v) is 2.47. The molecule has 0 amide bonds. The van der Waals surface area contributed by atoms with Crippen LogP contribution in [-0.2, 0) is 0 Å². The van der Waals surface area contributed by atoms with E-state index >= 15 is 0 Å². The third kappa shape index (κ3) is 3.56. The van der Waals surface area contributed by atoms with E-state index in [1.165, 1.54) is 0 Å². The fourth-order valence-corrected chi connectivity index (χ4v) is 1.43. The predicted molar refractivity (Wildman–Crippen MR) is 52.9 cm³/mol. The topological polar surface area (TPSA) is 9.23 Å². The van der Waals surface area contributed by atoms with Gasteiger partial charge in [-0.2, -0.15) is 22.0 Å². The molecule has 1 unspecified atom stereocenters. The predicted octanol–water partition coefficient (Wildman–Crippen LogP) is 5.00. The minimum absolute atomic E-state index is 0.673. The molecule has 0 bridgehead atoms. The molecule has 0 aliphatic rings. The van der Waals surface area contributed by atoms with Crippen molar-refractivity contribution in [2.75, 3.05) is 0 Å². The first-order chi connectivity index (χ1) is 8.47. The van der Waals surface area contributed by atoms with Gasteiger partial charge in [0, 0.05) is 0 Å². The SMILES string of the molecule is Fc1ccc(Cl)c(OC(F)(F)C(F)C(F)(F)F)c1Cl. The molecule has 0 aliphatic carbocycles. The zero-order valence-corrected chi connectivity index (χ0v) is 10.1. The molecule has 0 spiro atoms. The molecule has 0 aliphatic heterocycles. The molecular weight excluding hydrogens is 328 g/mol. The molecule has 0 N–H and O–H groups in total. The summed E-state index contributed by atoms with van der Waals surface area (Å²) in [6, 6.07) is 1.39. The zero-order chi connectivity index (χ0) is 15.0. The van der Waals surface area contributed by atoms with Crippen LogP contribution in [0.3, 0.4) is 0 Å². The molecule has 0 fully saturated rings. The molecule has 1 nitrogen and oxygen atoms in total. The first kappa shape index (κ1) is 16.2. The monoisotopic (exact) mass is 330 g/mol. The molecule has 0 heterocycles. The molecule has 0 aromatic heterocycles. The number of hydrogen-bond acceptors (Lipinski definition) is 1. The van der Waals surface area contributed by atoms with Crippen molar-refractivity contribution in [1.82, 2.24) is 0 Å². The summed E-state index contributed by atoms with van der Waals surface area (Å²) in [4.78, 5) is 0. The van der Waals surface area contributed by atoms with Gasteiger partial charge in [0.1, 0.15) is 10.8 Å². The van der Waals surface area contributed by atoms with Crippen LogP contribution in [0.15, 0.2) is 12.1 Å². The first-order valence-electron chi connectivity index (χ1n) is 4.38. The second-order valence-electron chi connectivity index (χ2n) is 3.24. The van der Waals surface area contributed by atoms with Crippen molar-refractivity contribution in [1.29, 1.82) is 0 Å². The summed E-state index contributed by atoms with van der Waals surface area (Å²) in [7, 11) is 0.